The summed E-state index contributed by atoms with van der Waals surface area (Å²) in [6, 6.07) is 6.01. The molecule has 36 nitrogen and oxygen atoms in total. The van der Waals surface area contributed by atoms with Gasteiger partial charge < -0.3 is 93.6 Å². The summed E-state index contributed by atoms with van der Waals surface area (Å²) in [6.07, 6.45) is -27.1. The van der Waals surface area contributed by atoms with Gasteiger partial charge in [0.25, 0.3) is 41.2 Å². The molecule has 0 aliphatic carbocycles. The van der Waals surface area contributed by atoms with Crippen LogP contribution in [0.5, 0.6) is 0 Å². The number of ether oxygens (including phenoxy) is 8. The molecule has 0 saturated carbocycles. The van der Waals surface area contributed by atoms with E-state index in [0.29, 0.717) is 47.8 Å². The number of nitrogens with one attached hydrogen (secondary N) is 4. The van der Waals surface area contributed by atoms with Crippen molar-refractivity contribution in [1.82, 2.24) is 26.3 Å². The Kier molecular flexibility index (Phi) is 59.5. The molecule has 2 unspecified atom stereocenters. The summed E-state index contributed by atoms with van der Waals surface area (Å²) in [5.41, 5.74) is 29.3. The highest BCUT2D eigenvalue weighted by molar-refractivity contribution is 5.99. The lowest BCUT2D eigenvalue weighted by Gasteiger charge is -2.28. The van der Waals surface area contributed by atoms with Gasteiger partial charge in [-0.05, 0) is 129 Å². The van der Waals surface area contributed by atoms with Crippen molar-refractivity contribution in [1.29, 1.82) is 5.26 Å². The maximum atomic E-state index is 13.2. The number of amides is 4. The average molecular weight is 1930 g/mol. The van der Waals surface area contributed by atoms with Gasteiger partial charge in [0.15, 0.2) is 48.7 Å². The number of nitroso groups, excluding NO2 is 1. The summed E-state index contributed by atoms with van der Waals surface area (Å²) in [6.45, 7) is 5.26. The molecule has 754 valence electrons. The van der Waals surface area contributed by atoms with E-state index in [4.69, 9.17) is 63.3 Å². The summed E-state index contributed by atoms with van der Waals surface area (Å²) < 4.78 is 245. The summed E-state index contributed by atoms with van der Waals surface area (Å²) in [5.74, 6) is -15.4. The Balaban J connectivity index is -0.000000547. The van der Waals surface area contributed by atoms with Gasteiger partial charge in [0.2, 0.25) is 24.2 Å². The number of nitriles is 1. The predicted octanol–water partition coefficient (Wildman–Crippen LogP) is 8.86. The SMILES string of the molecule is C.C.C.C.CC(F)(F)C(OCC(=O)[C@H](CCCN=C(N)N)NC(=O)c1cccnc1)C(F)(F)F.COC(C)(C)C(=O)N[C@@H](CCCN=C(N)CC#N)C(=O)COC(C(C)(F)F)C(F)(F)F.COC(C)(C)C(=O)N[C@@H](CCCN=C(N)CC(=O)OCc1ccc([N+](C)=O)cc1)C(=O)COC(C(F)(F)F)C(F)(F)F.COC(C)(C)C(=O)N[C@@H](CCCN=C(N)N)C(=O)COC1=NCC=C1. The van der Waals surface area contributed by atoms with E-state index in [1.807, 2.05) is 6.08 Å². The number of rotatable bonds is 50. The lowest BCUT2D eigenvalue weighted by Crippen LogP contribution is -2.52. The number of nitrogens with zero attached hydrogens (tertiary/aromatic N) is 8. The molecule has 6 atom stereocenters. The number of halogens is 16. The van der Waals surface area contributed by atoms with E-state index >= 15 is 0 Å². The number of nitrogens with two attached hydrogens (primary N) is 6. The Morgan fingerprint density at radius 3 is 1.16 bits per heavy atom. The van der Waals surface area contributed by atoms with Crippen LogP contribution in [0, 0.1) is 16.2 Å². The quantitative estimate of drug-likeness (QED) is 0.00738. The molecular formula is C80H125F16N18O18+. The fourth-order valence-corrected chi connectivity index (χ4v) is 9.59. The molecule has 0 saturated heterocycles. The van der Waals surface area contributed by atoms with Crippen LogP contribution in [0.3, 0.4) is 0 Å². The molecule has 3 rings (SSSR count). The van der Waals surface area contributed by atoms with Crippen LogP contribution in [0.15, 0.2) is 85.9 Å². The van der Waals surface area contributed by atoms with Gasteiger partial charge in [-0.15, -0.1) is 0 Å². The number of amidine groups is 2. The monoisotopic (exact) mass is 1930 g/mol. The van der Waals surface area contributed by atoms with E-state index in [1.165, 1.54) is 80.6 Å². The van der Waals surface area contributed by atoms with E-state index < -0.39 is 163 Å². The number of Topliss-reactive ketones (excluding diaryl/α,β-unsaturated/α-hetero) is 4. The van der Waals surface area contributed by atoms with Gasteiger partial charge in [0.1, 0.15) is 61.3 Å². The molecule has 0 spiro atoms. The molecule has 2 heterocycles. The second kappa shape index (κ2) is 60.8. The number of alkyl halides is 16. The lowest BCUT2D eigenvalue weighted by atomic mass is 10.0. The summed E-state index contributed by atoms with van der Waals surface area (Å²) in [5, 5.41) is 18.1. The molecule has 0 bridgehead atoms. The first-order valence-electron chi connectivity index (χ1n) is 38.2. The van der Waals surface area contributed by atoms with Gasteiger partial charge in [0, 0.05) is 95.5 Å². The molecule has 16 N–H and O–H groups in total. The maximum Gasteiger partial charge on any atom is 0.423 e. The standard InChI is InChI=1S/C25H32F6N4O7.C18H27F5N4O4.C17H22F5N5O3.C16H27N5O4.4CH4/c1-23(2,40-4)22(38)34-17(18(36)14-42-21(24(26,27)28)25(29,30)31)6-5-11-33-19(32)12-20(37)41-13-15-7-9-16(10-8-15)35(3)39;1-16(2,30-4)15(29)27-11(6-5-9-26-13(25)7-8-24)12(28)10-31-14(17(3,19)20)18(21,22)23;1-16(18,19)14(17(20,21)22)30-9-12(28)11(5-3-7-26-15(23)24)27-13(29)10-4-2-6-25-8-10;1-16(2,24-3)14(23)21-11(6-4-9-20-15(17)18)12(22)10-25-13-7-5-8-19-13;;;;/h7-10,17,21H,5-6,11-14H2,1-4H3,(H2-,32,33,34,38);11,14H,5-7,9-10H2,1-4H3,(H2,25,26)(H,27,29);2,4,6,8,11,14H,3,5,7,9H2,1H3,(H,27,29)(H4,23,24,26);5,7,11H,4,6,8-10H2,1-3H3,(H,21,23)(H4,17,18,20);4*1H4/p+1/t17-;2*11-,14?;11-;;;;/m0000..../s1. The number of carbonyl (C=O) groups excluding carboxylic acids is 9. The first kappa shape index (κ1) is 129. The minimum Gasteiger partial charge on any atom is -0.470 e. The molecule has 132 heavy (non-hydrogen) atoms. The Bertz CT molecular complexity index is 4090. The highest BCUT2D eigenvalue weighted by Crippen LogP contribution is 2.38. The fraction of sp³-hybridized carbons (Fsp3) is 0.650. The summed E-state index contributed by atoms with van der Waals surface area (Å²) in [4.78, 5) is 145. The van der Waals surface area contributed by atoms with Gasteiger partial charge in [-0.25, -0.2) is 22.6 Å². The summed E-state index contributed by atoms with van der Waals surface area (Å²) >= 11 is 0. The molecule has 1 aromatic heterocycles. The number of aliphatic imine (C=N–C) groups is 5. The van der Waals surface area contributed by atoms with Crippen molar-refractivity contribution in [2.75, 3.05) is 87.5 Å². The van der Waals surface area contributed by atoms with Gasteiger partial charge in [0.05, 0.1) is 48.8 Å². The molecule has 1 aromatic carbocycles. The van der Waals surface area contributed by atoms with Gasteiger partial charge in [-0.2, -0.15) is 57.9 Å². The van der Waals surface area contributed by atoms with Gasteiger partial charge >= 0.3 is 30.7 Å². The second-order valence-corrected chi connectivity index (χ2v) is 29.1. The number of esters is 1. The highest BCUT2D eigenvalue weighted by atomic mass is 19.4. The number of benzene rings is 1. The van der Waals surface area contributed by atoms with Crippen molar-refractivity contribution >= 4 is 87.9 Å². The first-order valence-corrected chi connectivity index (χ1v) is 38.2. The molecule has 0 radical (unpaired) electrons. The van der Waals surface area contributed by atoms with Crippen LogP contribution in [0.2, 0.25) is 0 Å². The van der Waals surface area contributed by atoms with Crippen molar-refractivity contribution in [2.24, 2.45) is 59.4 Å². The predicted molar refractivity (Wildman–Crippen MR) is 455 cm³/mol. The van der Waals surface area contributed by atoms with E-state index in [9.17, 15) is 118 Å². The number of aromatic nitrogens is 1. The minimum atomic E-state index is -5.82. The molecule has 1 aliphatic rings. The third-order valence-electron chi connectivity index (χ3n) is 17.2. The number of carbonyl (C=O) groups is 9. The Labute approximate surface area is 754 Å². The number of hydrogen-bond donors (Lipinski definition) is 10. The smallest absolute Gasteiger partial charge is 0.423 e. The van der Waals surface area contributed by atoms with Crippen LogP contribution < -0.4 is 55.7 Å². The third kappa shape index (κ3) is 52.8. The third-order valence-corrected chi connectivity index (χ3v) is 17.2. The van der Waals surface area contributed by atoms with Gasteiger partial charge in [-0.3, -0.25) is 68.1 Å². The van der Waals surface area contributed by atoms with E-state index in [1.54, 1.807) is 50.3 Å². The topological polar surface area (TPSA) is 550 Å². The molecule has 4 amide bonds. The van der Waals surface area contributed by atoms with Crippen molar-refractivity contribution in [3.63, 3.8) is 0 Å². The van der Waals surface area contributed by atoms with Crippen LogP contribution in [0.4, 0.5) is 75.9 Å². The van der Waals surface area contributed by atoms with Crippen LogP contribution >= 0.6 is 0 Å². The largest absolute Gasteiger partial charge is 0.470 e. The highest BCUT2D eigenvalue weighted by Gasteiger charge is 2.59. The number of guanidine groups is 2. The Morgan fingerprint density at radius 1 is 0.500 bits per heavy atom. The second-order valence-electron chi connectivity index (χ2n) is 29.1. The van der Waals surface area contributed by atoms with Crippen LogP contribution in [0.25, 0.3) is 0 Å². The average Bonchev–Trinajstić information content (AvgIpc) is 0.873. The fourth-order valence-electron chi connectivity index (χ4n) is 9.59. The molecule has 2 aromatic rings. The normalized spacial score (nSPS) is 13.8. The number of ketones is 4. The number of hydrogen-bond acceptors (Lipinski definition) is 25. The van der Waals surface area contributed by atoms with Crippen LogP contribution in [0.1, 0.15) is 165 Å². The van der Waals surface area contributed by atoms with Crippen molar-refractivity contribution in [2.45, 2.75) is 252 Å². The Morgan fingerprint density at radius 2 is 0.848 bits per heavy atom. The lowest BCUT2D eigenvalue weighted by molar-refractivity contribution is -0.428. The number of methoxy groups -OCH3 is 3. The van der Waals surface area contributed by atoms with Crippen LogP contribution in [-0.2, 0) is 82.9 Å². The first-order chi connectivity index (χ1) is 58.9. The Hall–Kier alpha value is -11.2. The van der Waals surface area contributed by atoms with Gasteiger partial charge in [-0.1, -0.05) is 35.8 Å². The zero-order valence-corrected chi connectivity index (χ0v) is 71.9. The molecular weight excluding hydrogens is 1800 g/mol. The molecule has 52 heteroatoms. The minimum absolute atomic E-state index is 0. The van der Waals surface area contributed by atoms with E-state index in [-0.39, 0.29) is 162 Å². The van der Waals surface area contributed by atoms with E-state index in [2.05, 4.69) is 65.4 Å². The molecule has 1 aliphatic heterocycles. The molecule has 0 fully saturated rings. The van der Waals surface area contributed by atoms with Crippen molar-refractivity contribution < 1.29 is 156 Å². The summed E-state index contributed by atoms with van der Waals surface area (Å²) in [7, 11) is 5.18. The zero-order chi connectivity index (χ0) is 98.6. The number of pyridine rings is 1. The van der Waals surface area contributed by atoms with Crippen molar-refractivity contribution in [3.8, 4) is 6.07 Å². The van der Waals surface area contributed by atoms with Crippen molar-refractivity contribution in [3.05, 3.63) is 77.0 Å². The van der Waals surface area contributed by atoms with E-state index in [0.717, 1.165) is 0 Å². The zero-order valence-electron chi connectivity index (χ0n) is 71.9. The maximum absolute atomic E-state index is 13.2. The van der Waals surface area contributed by atoms with Crippen LogP contribution in [-0.4, -0.2) is 275 Å².